The minimum absolute atomic E-state index is 0.0621. The number of anilines is 1. The van der Waals surface area contributed by atoms with E-state index in [2.05, 4.69) is 9.80 Å². The lowest BCUT2D eigenvalue weighted by atomic mass is 10.0. The SMILES string of the molecule is COC(=O)[C@@H](c1ccccc1Cl)N1CCN(c2ccc(C(C)=O)cc2)CC1. The Labute approximate surface area is 164 Å². The van der Waals surface area contributed by atoms with Gasteiger partial charge in [0.25, 0.3) is 0 Å². The number of rotatable bonds is 5. The standard InChI is InChI=1S/C21H23ClN2O3/c1-15(25)16-7-9-17(10-8-16)23-11-13-24(14-12-23)20(21(26)27-2)18-5-3-4-6-19(18)22/h3-10,20H,11-14H2,1-2H3/t20-/m1/s1. The predicted octanol–water partition coefficient (Wildman–Crippen LogP) is 3.58. The zero-order valence-electron chi connectivity index (χ0n) is 15.5. The van der Waals surface area contributed by atoms with E-state index in [9.17, 15) is 9.59 Å². The van der Waals surface area contributed by atoms with Crippen LogP contribution in [0.25, 0.3) is 0 Å². The number of piperazine rings is 1. The van der Waals surface area contributed by atoms with Crippen molar-refractivity contribution in [1.29, 1.82) is 0 Å². The first-order valence-corrected chi connectivity index (χ1v) is 9.31. The van der Waals surface area contributed by atoms with Gasteiger partial charge in [0.2, 0.25) is 0 Å². The zero-order valence-corrected chi connectivity index (χ0v) is 16.3. The van der Waals surface area contributed by atoms with Gasteiger partial charge in [-0.25, -0.2) is 4.79 Å². The first-order valence-electron chi connectivity index (χ1n) is 8.93. The van der Waals surface area contributed by atoms with E-state index in [-0.39, 0.29) is 11.8 Å². The Bertz CT molecular complexity index is 814. The molecule has 1 saturated heterocycles. The Kier molecular flexibility index (Phi) is 6.14. The van der Waals surface area contributed by atoms with Crippen LogP contribution in [0.3, 0.4) is 0 Å². The van der Waals surface area contributed by atoms with Gasteiger partial charge in [-0.3, -0.25) is 9.69 Å². The van der Waals surface area contributed by atoms with Gasteiger partial charge < -0.3 is 9.64 Å². The van der Waals surface area contributed by atoms with Gasteiger partial charge in [0, 0.05) is 42.5 Å². The monoisotopic (exact) mass is 386 g/mol. The zero-order chi connectivity index (χ0) is 19.4. The second-order valence-electron chi connectivity index (χ2n) is 6.57. The second-order valence-corrected chi connectivity index (χ2v) is 6.98. The number of nitrogens with zero attached hydrogens (tertiary/aromatic N) is 2. The molecule has 1 fully saturated rings. The summed E-state index contributed by atoms with van der Waals surface area (Å²) in [7, 11) is 1.40. The molecule has 0 spiro atoms. The molecule has 1 aliphatic rings. The Morgan fingerprint density at radius 2 is 1.63 bits per heavy atom. The van der Waals surface area contributed by atoms with Crippen LogP contribution < -0.4 is 4.90 Å². The van der Waals surface area contributed by atoms with Crippen LogP contribution in [0.4, 0.5) is 5.69 Å². The number of hydrogen-bond acceptors (Lipinski definition) is 5. The van der Waals surface area contributed by atoms with Crippen LogP contribution in [0, 0.1) is 0 Å². The molecular formula is C21H23ClN2O3. The smallest absolute Gasteiger partial charge is 0.327 e. The van der Waals surface area contributed by atoms with Crippen LogP contribution in [0.5, 0.6) is 0 Å². The van der Waals surface area contributed by atoms with Crippen molar-refractivity contribution in [2.75, 3.05) is 38.2 Å². The highest BCUT2D eigenvalue weighted by molar-refractivity contribution is 6.31. The molecule has 0 aromatic heterocycles. The maximum Gasteiger partial charge on any atom is 0.327 e. The molecule has 142 valence electrons. The summed E-state index contributed by atoms with van der Waals surface area (Å²) in [5.74, 6) is -0.241. The van der Waals surface area contributed by atoms with Crippen LogP contribution in [-0.4, -0.2) is 49.9 Å². The van der Waals surface area contributed by atoms with Gasteiger partial charge in [-0.05, 0) is 42.8 Å². The average Bonchev–Trinajstić information content (AvgIpc) is 2.70. The fourth-order valence-electron chi connectivity index (χ4n) is 3.43. The van der Waals surface area contributed by atoms with E-state index in [1.54, 1.807) is 13.0 Å². The third-order valence-electron chi connectivity index (χ3n) is 4.94. The van der Waals surface area contributed by atoms with Crippen molar-refractivity contribution in [2.45, 2.75) is 13.0 Å². The second kappa shape index (κ2) is 8.55. The molecule has 3 rings (SSSR count). The van der Waals surface area contributed by atoms with Crippen molar-refractivity contribution in [3.8, 4) is 0 Å². The fraction of sp³-hybridized carbons (Fsp3) is 0.333. The molecule has 1 aliphatic heterocycles. The predicted molar refractivity (Wildman–Crippen MR) is 106 cm³/mol. The lowest BCUT2D eigenvalue weighted by Crippen LogP contribution is -2.49. The molecule has 0 saturated carbocycles. The van der Waals surface area contributed by atoms with Gasteiger partial charge in [0.05, 0.1) is 7.11 Å². The Morgan fingerprint density at radius 3 is 2.19 bits per heavy atom. The van der Waals surface area contributed by atoms with Gasteiger partial charge in [-0.15, -0.1) is 0 Å². The molecule has 6 heteroatoms. The number of hydrogen-bond donors (Lipinski definition) is 0. The normalized spacial score (nSPS) is 16.0. The Hall–Kier alpha value is -2.37. The molecule has 2 aromatic rings. The lowest BCUT2D eigenvalue weighted by molar-refractivity contribution is -0.147. The van der Waals surface area contributed by atoms with Crippen molar-refractivity contribution in [3.05, 3.63) is 64.7 Å². The van der Waals surface area contributed by atoms with Crippen LogP contribution in [0.2, 0.25) is 5.02 Å². The summed E-state index contributed by atoms with van der Waals surface area (Å²) >= 11 is 6.33. The van der Waals surface area contributed by atoms with Gasteiger partial charge >= 0.3 is 5.97 Å². The summed E-state index contributed by atoms with van der Waals surface area (Å²) in [6.07, 6.45) is 0. The van der Waals surface area contributed by atoms with Crippen molar-refractivity contribution in [3.63, 3.8) is 0 Å². The van der Waals surface area contributed by atoms with Crippen molar-refractivity contribution >= 4 is 29.0 Å². The third kappa shape index (κ3) is 4.31. The third-order valence-corrected chi connectivity index (χ3v) is 5.29. The highest BCUT2D eigenvalue weighted by Crippen LogP contribution is 2.30. The first-order chi connectivity index (χ1) is 13.0. The lowest BCUT2D eigenvalue weighted by Gasteiger charge is -2.39. The number of carbonyl (C=O) groups excluding carboxylic acids is 2. The van der Waals surface area contributed by atoms with Crippen LogP contribution >= 0.6 is 11.6 Å². The van der Waals surface area contributed by atoms with Crippen molar-refractivity contribution < 1.29 is 14.3 Å². The number of Topliss-reactive ketones (excluding diaryl/α,β-unsaturated/α-hetero) is 1. The number of esters is 1. The molecule has 0 N–H and O–H groups in total. The van der Waals surface area contributed by atoms with Crippen LogP contribution in [0.15, 0.2) is 48.5 Å². The van der Waals surface area contributed by atoms with E-state index in [1.165, 1.54) is 7.11 Å². The Balaban J connectivity index is 1.73. The van der Waals surface area contributed by atoms with Gasteiger partial charge in [0.1, 0.15) is 6.04 Å². The molecule has 27 heavy (non-hydrogen) atoms. The van der Waals surface area contributed by atoms with Gasteiger partial charge in [-0.1, -0.05) is 29.8 Å². The van der Waals surface area contributed by atoms with E-state index >= 15 is 0 Å². The van der Waals surface area contributed by atoms with Gasteiger partial charge in [0.15, 0.2) is 5.78 Å². The summed E-state index contributed by atoms with van der Waals surface area (Å²) in [5, 5.41) is 0.565. The molecule has 0 bridgehead atoms. The number of ether oxygens (including phenoxy) is 1. The maximum absolute atomic E-state index is 12.4. The van der Waals surface area contributed by atoms with E-state index in [0.717, 1.165) is 24.3 Å². The van der Waals surface area contributed by atoms with Crippen molar-refractivity contribution in [2.24, 2.45) is 0 Å². The number of benzene rings is 2. The molecule has 1 atom stereocenters. The quantitative estimate of drug-likeness (QED) is 0.580. The molecule has 0 radical (unpaired) electrons. The summed E-state index contributed by atoms with van der Waals surface area (Å²) in [6.45, 7) is 4.53. The van der Waals surface area contributed by atoms with Crippen LogP contribution in [-0.2, 0) is 9.53 Å². The minimum atomic E-state index is -0.508. The first kappa shape index (κ1) is 19.4. The van der Waals surface area contributed by atoms with E-state index in [0.29, 0.717) is 23.7 Å². The van der Waals surface area contributed by atoms with E-state index in [1.807, 2.05) is 42.5 Å². The molecular weight excluding hydrogens is 364 g/mol. The number of halogens is 1. The summed E-state index contributed by atoms with van der Waals surface area (Å²) in [4.78, 5) is 28.2. The Morgan fingerprint density at radius 1 is 1.00 bits per heavy atom. The maximum atomic E-state index is 12.4. The summed E-state index contributed by atoms with van der Waals surface area (Å²) in [6, 6.07) is 14.5. The number of ketones is 1. The summed E-state index contributed by atoms with van der Waals surface area (Å²) < 4.78 is 5.04. The molecule has 0 amide bonds. The largest absolute Gasteiger partial charge is 0.468 e. The van der Waals surface area contributed by atoms with Crippen molar-refractivity contribution in [1.82, 2.24) is 4.90 Å². The number of methoxy groups -OCH3 is 1. The highest BCUT2D eigenvalue weighted by Gasteiger charge is 2.32. The molecule has 0 aliphatic carbocycles. The summed E-state index contributed by atoms with van der Waals surface area (Å²) in [5.41, 5.74) is 2.55. The molecule has 2 aromatic carbocycles. The molecule has 5 nitrogen and oxygen atoms in total. The fourth-order valence-corrected chi connectivity index (χ4v) is 3.67. The average molecular weight is 387 g/mol. The topological polar surface area (TPSA) is 49.9 Å². The van der Waals surface area contributed by atoms with E-state index < -0.39 is 6.04 Å². The molecule has 1 heterocycles. The molecule has 0 unspecified atom stereocenters. The van der Waals surface area contributed by atoms with Crippen LogP contribution in [0.1, 0.15) is 28.9 Å². The minimum Gasteiger partial charge on any atom is -0.468 e. The van der Waals surface area contributed by atoms with Gasteiger partial charge in [-0.2, -0.15) is 0 Å². The van der Waals surface area contributed by atoms with E-state index in [4.69, 9.17) is 16.3 Å². The number of carbonyl (C=O) groups is 2. The highest BCUT2D eigenvalue weighted by atomic mass is 35.5.